The summed E-state index contributed by atoms with van der Waals surface area (Å²) >= 11 is 0. The Labute approximate surface area is 188 Å². The van der Waals surface area contributed by atoms with Crippen molar-refractivity contribution in [1.29, 1.82) is 0 Å². The van der Waals surface area contributed by atoms with Gasteiger partial charge in [-0.05, 0) is 56.8 Å². The van der Waals surface area contributed by atoms with Crippen LogP contribution in [0.4, 0.5) is 0 Å². The predicted molar refractivity (Wildman–Crippen MR) is 124 cm³/mol. The summed E-state index contributed by atoms with van der Waals surface area (Å²) in [7, 11) is 3.27. The van der Waals surface area contributed by atoms with E-state index in [2.05, 4.69) is 49.8 Å². The van der Waals surface area contributed by atoms with Gasteiger partial charge in [0, 0.05) is 11.5 Å². The van der Waals surface area contributed by atoms with Crippen LogP contribution in [-0.4, -0.2) is 51.8 Å². The predicted octanol–water partition coefficient (Wildman–Crippen LogP) is 4.06. The Morgan fingerprint density at radius 1 is 0.969 bits per heavy atom. The summed E-state index contributed by atoms with van der Waals surface area (Å²) in [6.07, 6.45) is 3.59. The van der Waals surface area contributed by atoms with Crippen LogP contribution in [0.3, 0.4) is 0 Å². The number of nitrogens with zero attached hydrogens (tertiary/aromatic N) is 5. The molecule has 7 nitrogen and oxygen atoms in total. The molecule has 1 fully saturated rings. The van der Waals surface area contributed by atoms with Crippen molar-refractivity contribution in [3.63, 3.8) is 0 Å². The Bertz CT molecular complexity index is 1230. The number of ether oxygens (including phenoxy) is 2. The number of hydrogen-bond donors (Lipinski definition) is 0. The van der Waals surface area contributed by atoms with Crippen LogP contribution in [0, 0.1) is 12.8 Å². The van der Waals surface area contributed by atoms with Crippen LogP contribution in [0.1, 0.15) is 30.1 Å². The summed E-state index contributed by atoms with van der Waals surface area (Å²) in [5, 5.41) is 9.98. The van der Waals surface area contributed by atoms with Gasteiger partial charge in [-0.2, -0.15) is 0 Å². The maximum absolute atomic E-state index is 5.49. The number of aryl methyl sites for hydroxylation is 1. The van der Waals surface area contributed by atoms with Gasteiger partial charge >= 0.3 is 0 Å². The zero-order chi connectivity index (χ0) is 22.1. The molecule has 32 heavy (non-hydrogen) atoms. The summed E-state index contributed by atoms with van der Waals surface area (Å²) in [5.74, 6) is 3.88. The molecule has 7 heteroatoms. The minimum atomic E-state index is 0.661. The van der Waals surface area contributed by atoms with Crippen molar-refractivity contribution in [3.8, 4) is 11.5 Å². The molecule has 166 valence electrons. The number of piperidine rings is 1. The molecule has 0 saturated carbocycles. The van der Waals surface area contributed by atoms with Crippen LogP contribution in [0.15, 0.2) is 42.5 Å². The number of methoxy groups -OCH3 is 2. The van der Waals surface area contributed by atoms with E-state index in [4.69, 9.17) is 14.5 Å². The zero-order valence-corrected chi connectivity index (χ0v) is 18.9. The molecule has 3 heterocycles. The second kappa shape index (κ2) is 8.74. The first-order chi connectivity index (χ1) is 15.7. The Kier molecular flexibility index (Phi) is 5.66. The van der Waals surface area contributed by atoms with Gasteiger partial charge in [-0.1, -0.05) is 30.3 Å². The molecule has 5 rings (SSSR count). The van der Waals surface area contributed by atoms with Gasteiger partial charge in [0.15, 0.2) is 23.0 Å². The fourth-order valence-corrected chi connectivity index (χ4v) is 4.79. The number of likely N-dealkylation sites (tertiary alicyclic amines) is 1. The van der Waals surface area contributed by atoms with Gasteiger partial charge in [0.2, 0.25) is 0 Å². The van der Waals surface area contributed by atoms with Crippen molar-refractivity contribution < 1.29 is 9.47 Å². The quantitative estimate of drug-likeness (QED) is 0.459. The highest BCUT2D eigenvalue weighted by Crippen LogP contribution is 2.33. The van der Waals surface area contributed by atoms with E-state index in [0.29, 0.717) is 11.5 Å². The first-order valence-electron chi connectivity index (χ1n) is 11.2. The number of aromatic nitrogens is 4. The zero-order valence-electron chi connectivity index (χ0n) is 18.9. The van der Waals surface area contributed by atoms with Crippen LogP contribution in [-0.2, 0) is 13.0 Å². The SMILES string of the molecule is COc1cc2nc(C)n3c(CN4CCC(Cc5ccccc5)CC4)nnc3c2cc1OC. The molecule has 1 aliphatic rings. The highest BCUT2D eigenvalue weighted by molar-refractivity contribution is 5.93. The molecule has 0 spiro atoms. The van der Waals surface area contributed by atoms with Gasteiger partial charge in [-0.3, -0.25) is 9.30 Å². The molecular formula is C25H29N5O2. The van der Waals surface area contributed by atoms with Gasteiger partial charge in [-0.15, -0.1) is 10.2 Å². The molecule has 0 N–H and O–H groups in total. The minimum Gasteiger partial charge on any atom is -0.493 e. The maximum Gasteiger partial charge on any atom is 0.171 e. The molecule has 1 saturated heterocycles. The van der Waals surface area contributed by atoms with Crippen molar-refractivity contribution in [2.75, 3.05) is 27.3 Å². The summed E-state index contributed by atoms with van der Waals surface area (Å²) < 4.78 is 13.0. The normalized spacial score (nSPS) is 15.5. The molecule has 0 amide bonds. The maximum atomic E-state index is 5.49. The van der Waals surface area contributed by atoms with Gasteiger partial charge < -0.3 is 9.47 Å². The van der Waals surface area contributed by atoms with Crippen molar-refractivity contribution in [1.82, 2.24) is 24.5 Å². The van der Waals surface area contributed by atoms with Crippen LogP contribution in [0.5, 0.6) is 11.5 Å². The highest BCUT2D eigenvalue weighted by Gasteiger charge is 2.22. The van der Waals surface area contributed by atoms with E-state index in [-0.39, 0.29) is 0 Å². The lowest BCUT2D eigenvalue weighted by molar-refractivity contribution is 0.173. The molecule has 4 aromatic rings. The summed E-state index contributed by atoms with van der Waals surface area (Å²) in [4.78, 5) is 7.28. The van der Waals surface area contributed by atoms with Crippen molar-refractivity contribution in [2.24, 2.45) is 5.92 Å². The van der Waals surface area contributed by atoms with Crippen LogP contribution in [0.2, 0.25) is 0 Å². The molecule has 0 aliphatic carbocycles. The smallest absolute Gasteiger partial charge is 0.171 e. The Hall–Kier alpha value is -3.19. The van der Waals surface area contributed by atoms with E-state index in [1.54, 1.807) is 14.2 Å². The number of hydrogen-bond acceptors (Lipinski definition) is 6. The first kappa shape index (κ1) is 20.7. The molecule has 2 aromatic carbocycles. The third-order valence-corrected chi connectivity index (χ3v) is 6.52. The first-order valence-corrected chi connectivity index (χ1v) is 11.2. The van der Waals surface area contributed by atoms with Crippen LogP contribution >= 0.6 is 0 Å². The minimum absolute atomic E-state index is 0.661. The summed E-state index contributed by atoms with van der Waals surface area (Å²) in [6, 6.07) is 14.6. The monoisotopic (exact) mass is 431 g/mol. The third kappa shape index (κ3) is 3.88. The third-order valence-electron chi connectivity index (χ3n) is 6.52. The molecule has 1 aliphatic heterocycles. The van der Waals surface area contributed by atoms with E-state index in [0.717, 1.165) is 53.8 Å². The molecule has 2 aromatic heterocycles. The summed E-state index contributed by atoms with van der Waals surface area (Å²) in [5.41, 5.74) is 3.07. The number of fused-ring (bicyclic) bond motifs is 3. The van der Waals surface area contributed by atoms with E-state index in [1.807, 2.05) is 19.1 Å². The van der Waals surface area contributed by atoms with Crippen molar-refractivity contribution in [3.05, 3.63) is 59.7 Å². The van der Waals surface area contributed by atoms with Crippen LogP contribution < -0.4 is 9.47 Å². The largest absolute Gasteiger partial charge is 0.493 e. The van der Waals surface area contributed by atoms with Crippen molar-refractivity contribution >= 4 is 16.6 Å². The fraction of sp³-hybridized carbons (Fsp3) is 0.400. The van der Waals surface area contributed by atoms with E-state index >= 15 is 0 Å². The molecule has 0 bridgehead atoms. The molecular weight excluding hydrogens is 402 g/mol. The topological polar surface area (TPSA) is 64.8 Å². The lowest BCUT2D eigenvalue weighted by atomic mass is 9.90. The summed E-state index contributed by atoms with van der Waals surface area (Å²) in [6.45, 7) is 4.94. The van der Waals surface area contributed by atoms with Gasteiger partial charge in [0.25, 0.3) is 0 Å². The van der Waals surface area contributed by atoms with Crippen LogP contribution in [0.25, 0.3) is 16.6 Å². The second-order valence-electron chi connectivity index (χ2n) is 8.57. The van der Waals surface area contributed by atoms with Gasteiger partial charge in [-0.25, -0.2) is 4.98 Å². The highest BCUT2D eigenvalue weighted by atomic mass is 16.5. The molecule has 0 atom stereocenters. The Morgan fingerprint density at radius 2 is 1.69 bits per heavy atom. The lowest BCUT2D eigenvalue weighted by Gasteiger charge is -2.31. The number of rotatable bonds is 6. The molecule has 0 unspecified atom stereocenters. The van der Waals surface area contributed by atoms with Gasteiger partial charge in [0.1, 0.15) is 5.82 Å². The van der Waals surface area contributed by atoms with E-state index in [1.165, 1.54) is 24.8 Å². The second-order valence-corrected chi connectivity index (χ2v) is 8.57. The van der Waals surface area contributed by atoms with E-state index < -0.39 is 0 Å². The average Bonchev–Trinajstić information content (AvgIpc) is 3.25. The van der Waals surface area contributed by atoms with Crippen molar-refractivity contribution in [2.45, 2.75) is 32.7 Å². The number of benzene rings is 2. The average molecular weight is 432 g/mol. The van der Waals surface area contributed by atoms with Gasteiger partial charge in [0.05, 0.1) is 26.3 Å². The Morgan fingerprint density at radius 3 is 2.41 bits per heavy atom. The fourth-order valence-electron chi connectivity index (χ4n) is 4.79. The standard InChI is InChI=1S/C25H29N5O2/c1-17-26-21-15-23(32-3)22(31-2)14-20(21)25-28-27-24(30(17)25)16-29-11-9-19(10-12-29)13-18-7-5-4-6-8-18/h4-8,14-15,19H,9-13,16H2,1-3H3. The van der Waals surface area contributed by atoms with E-state index in [9.17, 15) is 0 Å². The Balaban J connectivity index is 1.35. The molecule has 0 radical (unpaired) electrons. The lowest BCUT2D eigenvalue weighted by Crippen LogP contribution is -2.34.